The van der Waals surface area contributed by atoms with Gasteiger partial charge in [-0.25, -0.2) is 18.1 Å². The van der Waals surface area contributed by atoms with Crippen LogP contribution in [0.5, 0.6) is 5.75 Å². The van der Waals surface area contributed by atoms with Crippen molar-refractivity contribution in [2.45, 2.75) is 23.7 Å². The van der Waals surface area contributed by atoms with Crippen LogP contribution in [0.2, 0.25) is 0 Å². The summed E-state index contributed by atoms with van der Waals surface area (Å²) >= 11 is 0. The third-order valence-corrected chi connectivity index (χ3v) is 5.39. The highest BCUT2D eigenvalue weighted by molar-refractivity contribution is 7.89. The monoisotopic (exact) mass is 387 g/mol. The van der Waals surface area contributed by atoms with Crippen LogP contribution < -0.4 is 14.4 Å². The van der Waals surface area contributed by atoms with Crippen molar-refractivity contribution in [3.05, 3.63) is 48.7 Å². The Morgan fingerprint density at radius 3 is 2.50 bits per heavy atom. The Hall–Kier alpha value is -2.33. The molecule has 2 aromatic rings. The fourth-order valence-electron chi connectivity index (χ4n) is 2.71. The molecule has 1 fully saturated rings. The molecular formula is C16H16F3N3O3S. The number of rotatable bonds is 5. The van der Waals surface area contributed by atoms with Crippen LogP contribution in [0.4, 0.5) is 19.0 Å². The predicted octanol–water partition coefficient (Wildman–Crippen LogP) is 2.54. The van der Waals surface area contributed by atoms with Crippen LogP contribution in [0.3, 0.4) is 0 Å². The average Bonchev–Trinajstić information content (AvgIpc) is 3.02. The van der Waals surface area contributed by atoms with Crippen molar-refractivity contribution in [3.63, 3.8) is 0 Å². The van der Waals surface area contributed by atoms with Crippen molar-refractivity contribution < 1.29 is 26.3 Å². The van der Waals surface area contributed by atoms with Crippen LogP contribution in [0, 0.1) is 0 Å². The molecule has 140 valence electrons. The summed E-state index contributed by atoms with van der Waals surface area (Å²) in [7, 11) is -3.84. The number of hydrogen-bond donors (Lipinski definition) is 1. The zero-order valence-electron chi connectivity index (χ0n) is 13.5. The van der Waals surface area contributed by atoms with Gasteiger partial charge in [0.05, 0.1) is 4.90 Å². The third kappa shape index (κ3) is 4.64. The standard InChI is InChI=1S/C16H16F3N3O3S/c17-16(18,19)25-13-4-6-14(7-5-13)26(23,24)21-12-8-10-22(11-12)15-3-1-2-9-20-15/h1-7,9,12,21H,8,10-11H2/t12-/m1/s1. The summed E-state index contributed by atoms with van der Waals surface area (Å²) in [6, 6.07) is 9.28. The molecule has 0 amide bonds. The lowest BCUT2D eigenvalue weighted by Gasteiger charge is -2.18. The van der Waals surface area contributed by atoms with Gasteiger partial charge in [0.25, 0.3) is 0 Å². The number of nitrogens with one attached hydrogen (secondary N) is 1. The highest BCUT2D eigenvalue weighted by Crippen LogP contribution is 2.24. The Bertz CT molecular complexity index is 843. The van der Waals surface area contributed by atoms with Crippen molar-refractivity contribution in [2.75, 3.05) is 18.0 Å². The number of pyridine rings is 1. The molecule has 0 bridgehead atoms. The molecule has 26 heavy (non-hydrogen) atoms. The van der Waals surface area contributed by atoms with E-state index in [1.807, 2.05) is 17.0 Å². The summed E-state index contributed by atoms with van der Waals surface area (Å²) in [5, 5.41) is 0. The van der Waals surface area contributed by atoms with E-state index < -0.39 is 22.1 Å². The molecule has 1 atom stereocenters. The molecule has 0 radical (unpaired) electrons. The van der Waals surface area contributed by atoms with Gasteiger partial charge in [-0.2, -0.15) is 0 Å². The number of hydrogen-bond acceptors (Lipinski definition) is 5. The Kier molecular flexibility index (Phi) is 5.05. The summed E-state index contributed by atoms with van der Waals surface area (Å²) in [6.07, 6.45) is -2.56. The van der Waals surface area contributed by atoms with E-state index >= 15 is 0 Å². The van der Waals surface area contributed by atoms with Crippen molar-refractivity contribution in [3.8, 4) is 5.75 Å². The Balaban J connectivity index is 1.64. The van der Waals surface area contributed by atoms with E-state index in [9.17, 15) is 21.6 Å². The molecule has 1 aromatic carbocycles. The molecule has 3 rings (SSSR count). The molecule has 1 aliphatic rings. The number of halogens is 3. The lowest BCUT2D eigenvalue weighted by Crippen LogP contribution is -2.37. The number of aromatic nitrogens is 1. The van der Waals surface area contributed by atoms with E-state index in [1.165, 1.54) is 0 Å². The first-order chi connectivity index (χ1) is 12.2. The molecule has 0 spiro atoms. The van der Waals surface area contributed by atoms with Crippen LogP contribution in [0.25, 0.3) is 0 Å². The van der Waals surface area contributed by atoms with Crippen molar-refractivity contribution in [2.24, 2.45) is 0 Å². The summed E-state index contributed by atoms with van der Waals surface area (Å²) in [6.45, 7) is 1.12. The first-order valence-electron chi connectivity index (χ1n) is 7.77. The second-order valence-electron chi connectivity index (χ2n) is 5.76. The molecule has 10 heteroatoms. The second kappa shape index (κ2) is 7.12. The predicted molar refractivity (Wildman–Crippen MR) is 88.3 cm³/mol. The van der Waals surface area contributed by atoms with E-state index in [4.69, 9.17) is 0 Å². The third-order valence-electron chi connectivity index (χ3n) is 3.85. The lowest BCUT2D eigenvalue weighted by molar-refractivity contribution is -0.274. The van der Waals surface area contributed by atoms with Crippen molar-refractivity contribution in [1.29, 1.82) is 0 Å². The van der Waals surface area contributed by atoms with Crippen molar-refractivity contribution >= 4 is 15.8 Å². The Morgan fingerprint density at radius 1 is 1.15 bits per heavy atom. The molecule has 1 N–H and O–H groups in total. The van der Waals surface area contributed by atoms with E-state index in [0.29, 0.717) is 19.5 Å². The molecule has 1 aromatic heterocycles. The molecule has 6 nitrogen and oxygen atoms in total. The topological polar surface area (TPSA) is 71.5 Å². The van der Waals surface area contributed by atoms with Gasteiger partial charge in [0.15, 0.2) is 0 Å². The lowest BCUT2D eigenvalue weighted by atomic mass is 10.3. The van der Waals surface area contributed by atoms with E-state index in [2.05, 4.69) is 14.4 Å². The highest BCUT2D eigenvalue weighted by atomic mass is 32.2. The van der Waals surface area contributed by atoms with E-state index in [-0.39, 0.29) is 10.9 Å². The number of ether oxygens (including phenoxy) is 1. The van der Waals surface area contributed by atoms with Crippen LogP contribution >= 0.6 is 0 Å². The fourth-order valence-corrected chi connectivity index (χ4v) is 3.97. The molecule has 0 unspecified atom stereocenters. The minimum atomic E-state index is -4.82. The molecule has 0 aliphatic carbocycles. The highest BCUT2D eigenvalue weighted by Gasteiger charge is 2.31. The van der Waals surface area contributed by atoms with Gasteiger partial charge in [0, 0.05) is 25.3 Å². The summed E-state index contributed by atoms with van der Waals surface area (Å²) in [5.41, 5.74) is 0. The molecule has 1 saturated heterocycles. The zero-order valence-corrected chi connectivity index (χ0v) is 14.3. The Morgan fingerprint density at radius 2 is 1.88 bits per heavy atom. The summed E-state index contributed by atoms with van der Waals surface area (Å²) in [5.74, 6) is 0.293. The smallest absolute Gasteiger partial charge is 0.406 e. The van der Waals surface area contributed by atoms with Crippen molar-refractivity contribution in [1.82, 2.24) is 9.71 Å². The maximum Gasteiger partial charge on any atom is 0.573 e. The van der Waals surface area contributed by atoms with Crippen LogP contribution in [-0.2, 0) is 10.0 Å². The molecule has 1 aliphatic heterocycles. The fraction of sp³-hybridized carbons (Fsp3) is 0.312. The van der Waals surface area contributed by atoms with Gasteiger partial charge in [-0.3, -0.25) is 0 Å². The SMILES string of the molecule is O=S(=O)(N[C@@H]1CCN(c2ccccn2)C1)c1ccc(OC(F)(F)F)cc1. The van der Waals surface area contributed by atoms with Gasteiger partial charge < -0.3 is 9.64 Å². The Labute approximate surface area is 148 Å². The maximum absolute atomic E-state index is 12.4. The summed E-state index contributed by atoms with van der Waals surface area (Å²) < 4.78 is 67.6. The first kappa shape index (κ1) is 18.5. The number of anilines is 1. The zero-order chi connectivity index (χ0) is 18.8. The number of alkyl halides is 3. The minimum Gasteiger partial charge on any atom is -0.406 e. The van der Waals surface area contributed by atoms with Crippen LogP contribution in [0.1, 0.15) is 6.42 Å². The van der Waals surface area contributed by atoms with Crippen LogP contribution in [0.15, 0.2) is 53.6 Å². The van der Waals surface area contributed by atoms with Gasteiger partial charge in [-0.05, 0) is 42.8 Å². The van der Waals surface area contributed by atoms with Gasteiger partial charge in [0.1, 0.15) is 11.6 Å². The van der Waals surface area contributed by atoms with E-state index in [1.54, 1.807) is 12.3 Å². The normalized spacial score (nSPS) is 18.1. The average molecular weight is 387 g/mol. The number of benzene rings is 1. The number of sulfonamides is 1. The van der Waals surface area contributed by atoms with Gasteiger partial charge in [-0.15, -0.1) is 13.2 Å². The quantitative estimate of drug-likeness (QED) is 0.854. The van der Waals surface area contributed by atoms with Gasteiger partial charge >= 0.3 is 6.36 Å². The van der Waals surface area contributed by atoms with Gasteiger partial charge in [0.2, 0.25) is 10.0 Å². The first-order valence-corrected chi connectivity index (χ1v) is 9.25. The second-order valence-corrected chi connectivity index (χ2v) is 7.47. The molecular weight excluding hydrogens is 371 g/mol. The summed E-state index contributed by atoms with van der Waals surface area (Å²) in [4.78, 5) is 6.08. The number of nitrogens with zero attached hydrogens (tertiary/aromatic N) is 2. The maximum atomic E-state index is 12.4. The van der Waals surface area contributed by atoms with Gasteiger partial charge in [-0.1, -0.05) is 6.07 Å². The van der Waals surface area contributed by atoms with E-state index in [0.717, 1.165) is 30.1 Å². The molecule has 0 saturated carbocycles. The minimum absolute atomic E-state index is 0.122. The van der Waals surface area contributed by atoms with Crippen LogP contribution in [-0.4, -0.2) is 38.9 Å². The molecule has 2 heterocycles. The largest absolute Gasteiger partial charge is 0.573 e.